The number of rotatable bonds is 4. The number of halogens is 3. The number of amides is 1. The molecule has 29 heavy (non-hydrogen) atoms. The largest absolute Gasteiger partial charge is 0.490 e. The fourth-order valence-corrected chi connectivity index (χ4v) is 3.67. The quantitative estimate of drug-likeness (QED) is 0.714. The van der Waals surface area contributed by atoms with Gasteiger partial charge in [0.1, 0.15) is 24.1 Å². The molecule has 4 rings (SSSR count). The van der Waals surface area contributed by atoms with Crippen molar-refractivity contribution in [1.29, 1.82) is 0 Å². The summed E-state index contributed by atoms with van der Waals surface area (Å²) in [6.07, 6.45) is -1.66. The number of fused-ring (bicyclic) bond motifs is 1. The second-order valence-corrected chi connectivity index (χ2v) is 7.29. The van der Waals surface area contributed by atoms with Crippen molar-refractivity contribution in [1.82, 2.24) is 19.7 Å². The third-order valence-corrected chi connectivity index (χ3v) is 5.07. The van der Waals surface area contributed by atoms with E-state index >= 15 is 0 Å². The number of likely N-dealkylation sites (tertiary alicyclic amines) is 1. The lowest BCUT2D eigenvalue weighted by Gasteiger charge is -2.32. The number of hydrogen-bond donors (Lipinski definition) is 1. The Kier molecular flexibility index (Phi) is 4.97. The van der Waals surface area contributed by atoms with Crippen LogP contribution in [0.25, 0.3) is 10.9 Å². The Hall–Kier alpha value is -2.97. The summed E-state index contributed by atoms with van der Waals surface area (Å²) in [5, 5.41) is 7.43. The third-order valence-electron chi connectivity index (χ3n) is 5.07. The maximum Gasteiger partial charge on any atom is 0.406 e. The Labute approximate surface area is 165 Å². The lowest BCUT2D eigenvalue weighted by Crippen LogP contribution is -2.41. The van der Waals surface area contributed by atoms with Crippen LogP contribution in [-0.2, 0) is 6.54 Å². The number of carbonyl (C=O) groups is 1. The number of ether oxygens (including phenoxy) is 1. The van der Waals surface area contributed by atoms with Gasteiger partial charge in [0.25, 0.3) is 5.91 Å². The number of benzene rings is 1. The van der Waals surface area contributed by atoms with Gasteiger partial charge in [-0.05, 0) is 31.2 Å². The fourth-order valence-electron chi connectivity index (χ4n) is 3.67. The summed E-state index contributed by atoms with van der Waals surface area (Å²) in [6, 6.07) is 8.49. The zero-order valence-corrected chi connectivity index (χ0v) is 15.9. The normalized spacial score (nSPS) is 15.8. The van der Waals surface area contributed by atoms with Crippen LogP contribution in [0.3, 0.4) is 0 Å². The highest BCUT2D eigenvalue weighted by Crippen LogP contribution is 2.31. The van der Waals surface area contributed by atoms with Gasteiger partial charge in [-0.15, -0.1) is 0 Å². The van der Waals surface area contributed by atoms with Crippen LogP contribution in [0, 0.1) is 6.92 Å². The first-order valence-corrected chi connectivity index (χ1v) is 9.43. The predicted molar refractivity (Wildman–Crippen MR) is 101 cm³/mol. The van der Waals surface area contributed by atoms with Gasteiger partial charge in [-0.1, -0.05) is 6.07 Å². The number of nitrogens with one attached hydrogen (secondary N) is 1. The SMILES string of the molecule is Cc1cc(C(=O)N2CCC(Oc3cccc4c3ccn4CC(F)(F)F)CC2)n[nH]1. The van der Waals surface area contributed by atoms with Crippen molar-refractivity contribution in [2.45, 2.75) is 38.6 Å². The number of carbonyl (C=O) groups excluding carboxylic acids is 1. The van der Waals surface area contributed by atoms with E-state index in [0.29, 0.717) is 48.3 Å². The van der Waals surface area contributed by atoms with Crippen molar-refractivity contribution < 1.29 is 22.7 Å². The van der Waals surface area contributed by atoms with Crippen molar-refractivity contribution in [3.05, 3.63) is 47.9 Å². The highest BCUT2D eigenvalue weighted by molar-refractivity contribution is 5.92. The molecule has 3 aromatic rings. The standard InChI is InChI=1S/C20H21F3N4O2/c1-13-11-16(25-24-13)19(28)26-8-5-14(6-9-26)29-18-4-2-3-17-15(18)7-10-27(17)12-20(21,22)23/h2-4,7,10-11,14H,5-6,8-9,12H2,1H3,(H,24,25). The van der Waals surface area contributed by atoms with Gasteiger partial charge in [0, 0.05) is 43.2 Å². The van der Waals surface area contributed by atoms with Crippen LogP contribution in [0.1, 0.15) is 29.0 Å². The molecule has 1 saturated heterocycles. The minimum atomic E-state index is -4.28. The molecule has 0 aliphatic carbocycles. The number of nitrogens with zero attached hydrogens (tertiary/aromatic N) is 3. The lowest BCUT2D eigenvalue weighted by molar-refractivity contribution is -0.139. The molecule has 1 fully saturated rings. The molecule has 6 nitrogen and oxygen atoms in total. The Morgan fingerprint density at radius 1 is 1.28 bits per heavy atom. The van der Waals surface area contributed by atoms with E-state index in [-0.39, 0.29) is 12.0 Å². The van der Waals surface area contributed by atoms with Crippen molar-refractivity contribution in [3.63, 3.8) is 0 Å². The van der Waals surface area contributed by atoms with E-state index < -0.39 is 12.7 Å². The molecule has 0 saturated carbocycles. The maximum atomic E-state index is 12.8. The molecule has 154 valence electrons. The van der Waals surface area contributed by atoms with Gasteiger partial charge < -0.3 is 14.2 Å². The number of aromatic amines is 1. The monoisotopic (exact) mass is 406 g/mol. The number of H-pyrrole nitrogens is 1. The van der Waals surface area contributed by atoms with Crippen molar-refractivity contribution >= 4 is 16.8 Å². The molecule has 0 bridgehead atoms. The summed E-state index contributed by atoms with van der Waals surface area (Å²) >= 11 is 0. The highest BCUT2D eigenvalue weighted by Gasteiger charge is 2.29. The van der Waals surface area contributed by atoms with E-state index in [9.17, 15) is 18.0 Å². The molecule has 1 amide bonds. The Morgan fingerprint density at radius 3 is 2.69 bits per heavy atom. The number of hydrogen-bond acceptors (Lipinski definition) is 3. The van der Waals surface area contributed by atoms with Gasteiger partial charge in [0.05, 0.1) is 5.52 Å². The number of aryl methyl sites for hydroxylation is 1. The summed E-state index contributed by atoms with van der Waals surface area (Å²) < 4.78 is 45.5. The minimum Gasteiger partial charge on any atom is -0.490 e. The molecule has 9 heteroatoms. The van der Waals surface area contributed by atoms with Gasteiger partial charge in [-0.3, -0.25) is 9.89 Å². The molecule has 0 radical (unpaired) electrons. The van der Waals surface area contributed by atoms with Gasteiger partial charge in [0.15, 0.2) is 0 Å². The molecule has 1 aliphatic rings. The van der Waals surface area contributed by atoms with Crippen LogP contribution in [0.2, 0.25) is 0 Å². The van der Waals surface area contributed by atoms with Gasteiger partial charge in [-0.2, -0.15) is 18.3 Å². The van der Waals surface area contributed by atoms with E-state index in [1.165, 1.54) is 10.8 Å². The average Bonchev–Trinajstić information content (AvgIpc) is 3.28. The Morgan fingerprint density at radius 2 is 2.03 bits per heavy atom. The number of alkyl halides is 3. The Bertz CT molecular complexity index is 1020. The molecule has 0 unspecified atom stereocenters. The first-order valence-electron chi connectivity index (χ1n) is 9.43. The Balaban J connectivity index is 1.42. The predicted octanol–water partition coefficient (Wildman–Crippen LogP) is 3.92. The van der Waals surface area contributed by atoms with Crippen LogP contribution >= 0.6 is 0 Å². The first kappa shape index (κ1) is 19.4. The fraction of sp³-hybridized carbons (Fsp3) is 0.400. The highest BCUT2D eigenvalue weighted by atomic mass is 19.4. The van der Waals surface area contributed by atoms with E-state index in [2.05, 4.69) is 10.2 Å². The average molecular weight is 406 g/mol. The molecular weight excluding hydrogens is 385 g/mol. The first-order chi connectivity index (χ1) is 13.8. The second kappa shape index (κ2) is 7.46. The zero-order valence-electron chi connectivity index (χ0n) is 15.9. The smallest absolute Gasteiger partial charge is 0.406 e. The van der Waals surface area contributed by atoms with Crippen LogP contribution in [0.4, 0.5) is 13.2 Å². The van der Waals surface area contributed by atoms with E-state index in [4.69, 9.17) is 4.74 Å². The number of aromatic nitrogens is 3. The minimum absolute atomic E-state index is 0.100. The van der Waals surface area contributed by atoms with Gasteiger partial charge in [0.2, 0.25) is 0 Å². The second-order valence-electron chi connectivity index (χ2n) is 7.29. The maximum absolute atomic E-state index is 12.8. The van der Waals surface area contributed by atoms with E-state index in [0.717, 1.165) is 5.69 Å². The summed E-state index contributed by atoms with van der Waals surface area (Å²) in [6.45, 7) is 1.89. The topological polar surface area (TPSA) is 63.1 Å². The molecule has 0 spiro atoms. The van der Waals surface area contributed by atoms with E-state index in [1.807, 2.05) is 6.92 Å². The van der Waals surface area contributed by atoms with Crippen LogP contribution in [0.5, 0.6) is 5.75 Å². The zero-order chi connectivity index (χ0) is 20.6. The van der Waals surface area contributed by atoms with Crippen LogP contribution in [0.15, 0.2) is 36.5 Å². The summed E-state index contributed by atoms with van der Waals surface area (Å²) in [7, 11) is 0. The lowest BCUT2D eigenvalue weighted by atomic mass is 10.1. The van der Waals surface area contributed by atoms with Crippen LogP contribution < -0.4 is 4.74 Å². The van der Waals surface area contributed by atoms with E-state index in [1.54, 1.807) is 35.2 Å². The summed E-state index contributed by atoms with van der Waals surface area (Å²) in [5.74, 6) is 0.454. The summed E-state index contributed by atoms with van der Waals surface area (Å²) in [5.41, 5.74) is 1.72. The molecule has 2 aromatic heterocycles. The van der Waals surface area contributed by atoms with Crippen LogP contribution in [-0.4, -0.2) is 50.9 Å². The molecule has 1 aromatic carbocycles. The van der Waals surface area contributed by atoms with Gasteiger partial charge >= 0.3 is 6.18 Å². The van der Waals surface area contributed by atoms with Crippen molar-refractivity contribution in [3.8, 4) is 5.75 Å². The number of piperidine rings is 1. The summed E-state index contributed by atoms with van der Waals surface area (Å²) in [4.78, 5) is 14.2. The van der Waals surface area contributed by atoms with Crippen molar-refractivity contribution in [2.24, 2.45) is 0 Å². The van der Waals surface area contributed by atoms with Crippen molar-refractivity contribution in [2.75, 3.05) is 13.1 Å². The van der Waals surface area contributed by atoms with Gasteiger partial charge in [-0.25, -0.2) is 0 Å². The molecule has 1 N–H and O–H groups in total. The third kappa shape index (κ3) is 4.23. The molecule has 3 heterocycles. The molecular formula is C20H21F3N4O2. The molecule has 1 aliphatic heterocycles. The molecule has 0 atom stereocenters.